The Bertz CT molecular complexity index is 662. The topological polar surface area (TPSA) is 89.9 Å². The molecule has 0 aliphatic rings. The summed E-state index contributed by atoms with van der Waals surface area (Å²) in [6.07, 6.45) is 1.45. The molecular formula is C17H24O6S. The summed E-state index contributed by atoms with van der Waals surface area (Å²) in [5, 5.41) is 9.28. The number of aliphatic carboxylic acids is 1. The zero-order valence-corrected chi connectivity index (χ0v) is 15.0. The van der Waals surface area contributed by atoms with E-state index in [-0.39, 0.29) is 29.4 Å². The molecule has 0 spiro atoms. The van der Waals surface area contributed by atoms with Crippen LogP contribution in [-0.2, 0) is 24.1 Å². The van der Waals surface area contributed by atoms with Crippen LogP contribution in [0.15, 0.2) is 46.9 Å². The summed E-state index contributed by atoms with van der Waals surface area (Å²) in [7, 11) is -1.99. The van der Waals surface area contributed by atoms with Crippen molar-refractivity contribution < 1.29 is 27.8 Å². The second-order valence-electron chi connectivity index (χ2n) is 6.08. The van der Waals surface area contributed by atoms with Gasteiger partial charge in [0.15, 0.2) is 9.84 Å². The van der Waals surface area contributed by atoms with Gasteiger partial charge in [-0.25, -0.2) is 13.2 Å². The largest absolute Gasteiger partial charge is 0.478 e. The Balaban J connectivity index is 2.89. The summed E-state index contributed by atoms with van der Waals surface area (Å²) >= 11 is 0. The van der Waals surface area contributed by atoms with Gasteiger partial charge in [0, 0.05) is 7.11 Å². The molecule has 0 amide bonds. The number of carboxylic acids is 1. The molecule has 0 heterocycles. The van der Waals surface area contributed by atoms with E-state index in [0.717, 1.165) is 0 Å². The fourth-order valence-corrected chi connectivity index (χ4v) is 4.01. The maximum absolute atomic E-state index is 12.5. The minimum Gasteiger partial charge on any atom is -0.478 e. The van der Waals surface area contributed by atoms with E-state index in [4.69, 9.17) is 9.47 Å². The first-order valence-electron chi connectivity index (χ1n) is 7.47. The van der Waals surface area contributed by atoms with Crippen molar-refractivity contribution >= 4 is 15.8 Å². The summed E-state index contributed by atoms with van der Waals surface area (Å²) < 4.78 is 35.0. The highest BCUT2D eigenvalue weighted by Gasteiger charge is 2.27. The molecule has 0 aliphatic carbocycles. The maximum Gasteiger partial charge on any atom is 0.333 e. The molecule has 6 nitrogen and oxygen atoms in total. The van der Waals surface area contributed by atoms with Crippen molar-refractivity contribution in [3.05, 3.63) is 42.0 Å². The molecule has 0 aliphatic heterocycles. The predicted octanol–water partition coefficient (Wildman–Crippen LogP) is 2.16. The Labute approximate surface area is 143 Å². The lowest BCUT2D eigenvalue weighted by atomic mass is 9.93. The van der Waals surface area contributed by atoms with Gasteiger partial charge in [0.25, 0.3) is 0 Å². The van der Waals surface area contributed by atoms with Gasteiger partial charge in [0.1, 0.15) is 0 Å². The van der Waals surface area contributed by atoms with Crippen LogP contribution in [-0.4, -0.2) is 52.2 Å². The molecule has 0 unspecified atom stereocenters. The lowest BCUT2D eigenvalue weighted by Gasteiger charge is -2.21. The number of methoxy groups -OCH3 is 1. The van der Waals surface area contributed by atoms with E-state index < -0.39 is 21.2 Å². The van der Waals surface area contributed by atoms with Gasteiger partial charge >= 0.3 is 5.97 Å². The highest BCUT2D eigenvalue weighted by molar-refractivity contribution is 7.91. The molecule has 7 heteroatoms. The number of allylic oxidation sites excluding steroid dienone is 1. The van der Waals surface area contributed by atoms with Gasteiger partial charge in [-0.3, -0.25) is 0 Å². The van der Waals surface area contributed by atoms with Crippen LogP contribution in [0.5, 0.6) is 0 Å². The zero-order valence-electron chi connectivity index (χ0n) is 14.2. The van der Waals surface area contributed by atoms with E-state index >= 15 is 0 Å². The third kappa shape index (κ3) is 6.82. The van der Waals surface area contributed by atoms with E-state index in [2.05, 4.69) is 0 Å². The molecule has 0 aromatic heterocycles. The van der Waals surface area contributed by atoms with E-state index in [0.29, 0.717) is 6.61 Å². The average molecular weight is 356 g/mol. The highest BCUT2D eigenvalue weighted by Crippen LogP contribution is 2.25. The van der Waals surface area contributed by atoms with Gasteiger partial charge in [-0.2, -0.15) is 0 Å². The van der Waals surface area contributed by atoms with Crippen molar-refractivity contribution in [3.63, 3.8) is 0 Å². The molecular weight excluding hydrogens is 332 g/mol. The van der Waals surface area contributed by atoms with Gasteiger partial charge in [0.05, 0.1) is 36.0 Å². The lowest BCUT2D eigenvalue weighted by molar-refractivity contribution is -0.133. The van der Waals surface area contributed by atoms with Crippen molar-refractivity contribution in [1.29, 1.82) is 0 Å². The second-order valence-corrected chi connectivity index (χ2v) is 8.07. The third-order valence-electron chi connectivity index (χ3n) is 3.19. The summed E-state index contributed by atoms with van der Waals surface area (Å²) in [5.41, 5.74) is -0.827. The molecule has 0 atom stereocenters. The quantitative estimate of drug-likeness (QED) is 0.510. The van der Waals surface area contributed by atoms with Crippen LogP contribution in [0.25, 0.3) is 0 Å². The van der Waals surface area contributed by atoms with Crippen LogP contribution in [0.2, 0.25) is 0 Å². The number of rotatable bonds is 10. The van der Waals surface area contributed by atoms with E-state index in [1.165, 1.54) is 25.3 Å². The number of hydrogen-bond acceptors (Lipinski definition) is 5. The van der Waals surface area contributed by atoms with E-state index in [1.807, 2.05) is 0 Å². The van der Waals surface area contributed by atoms with Gasteiger partial charge in [-0.15, -0.1) is 0 Å². The van der Waals surface area contributed by atoms with Gasteiger partial charge in [0.2, 0.25) is 0 Å². The van der Waals surface area contributed by atoms with Crippen molar-refractivity contribution in [2.75, 3.05) is 32.7 Å². The first-order valence-corrected chi connectivity index (χ1v) is 9.13. The Hall–Kier alpha value is -1.70. The van der Waals surface area contributed by atoms with E-state index in [9.17, 15) is 18.3 Å². The number of benzene rings is 1. The van der Waals surface area contributed by atoms with Crippen molar-refractivity contribution in [1.82, 2.24) is 0 Å². The Kier molecular flexibility index (Phi) is 7.59. The Morgan fingerprint density at radius 2 is 1.83 bits per heavy atom. The Morgan fingerprint density at radius 3 is 2.38 bits per heavy atom. The fourth-order valence-electron chi connectivity index (χ4n) is 2.20. The monoisotopic (exact) mass is 356 g/mol. The number of carboxylic acid groups (broad SMARTS) is 1. The van der Waals surface area contributed by atoms with Crippen molar-refractivity contribution in [2.45, 2.75) is 18.7 Å². The molecule has 1 rings (SSSR count). The Morgan fingerprint density at radius 1 is 1.21 bits per heavy atom. The van der Waals surface area contributed by atoms with Crippen LogP contribution < -0.4 is 0 Å². The SMILES string of the molecule is COCCOC/C(=C\C(C)(C)CS(=O)(=O)c1ccccc1)C(=O)O. The van der Waals surface area contributed by atoms with Crippen LogP contribution in [0, 0.1) is 5.41 Å². The average Bonchev–Trinajstić information content (AvgIpc) is 2.50. The number of carbonyl (C=O) groups is 1. The number of ether oxygens (including phenoxy) is 2. The summed E-state index contributed by atoms with van der Waals surface area (Å²) in [6.45, 7) is 3.90. The summed E-state index contributed by atoms with van der Waals surface area (Å²) in [4.78, 5) is 11.6. The highest BCUT2D eigenvalue weighted by atomic mass is 32.2. The standard InChI is InChI=1S/C17H24O6S/c1-17(2,11-14(16(18)19)12-23-10-9-22-3)13-24(20,21)15-7-5-4-6-8-15/h4-8,11H,9-10,12-13H2,1-3H3,(H,18,19)/b14-11+. The molecule has 0 saturated carbocycles. The van der Waals surface area contributed by atoms with Crippen LogP contribution in [0.3, 0.4) is 0 Å². The molecule has 0 saturated heterocycles. The molecule has 134 valence electrons. The van der Waals surface area contributed by atoms with Crippen molar-refractivity contribution in [2.24, 2.45) is 5.41 Å². The summed E-state index contributed by atoms with van der Waals surface area (Å²) in [6, 6.07) is 8.11. The third-order valence-corrected chi connectivity index (χ3v) is 5.31. The molecule has 0 bridgehead atoms. The molecule has 1 aromatic rings. The molecule has 24 heavy (non-hydrogen) atoms. The molecule has 1 N–H and O–H groups in total. The number of sulfone groups is 1. The fraction of sp³-hybridized carbons (Fsp3) is 0.471. The molecule has 0 fully saturated rings. The van der Waals surface area contributed by atoms with Crippen LogP contribution in [0.4, 0.5) is 0 Å². The smallest absolute Gasteiger partial charge is 0.333 e. The predicted molar refractivity (Wildman–Crippen MR) is 90.7 cm³/mol. The molecule has 0 radical (unpaired) electrons. The van der Waals surface area contributed by atoms with Crippen LogP contribution >= 0.6 is 0 Å². The van der Waals surface area contributed by atoms with E-state index in [1.54, 1.807) is 32.0 Å². The maximum atomic E-state index is 12.5. The minimum absolute atomic E-state index is 0.0272. The van der Waals surface area contributed by atoms with Gasteiger partial charge < -0.3 is 14.6 Å². The van der Waals surface area contributed by atoms with Gasteiger partial charge in [-0.05, 0) is 17.5 Å². The zero-order chi connectivity index (χ0) is 18.2. The van der Waals surface area contributed by atoms with Gasteiger partial charge in [-0.1, -0.05) is 38.1 Å². The first-order chi connectivity index (χ1) is 11.2. The van der Waals surface area contributed by atoms with Crippen molar-refractivity contribution in [3.8, 4) is 0 Å². The normalized spacial score (nSPS) is 13.0. The van der Waals surface area contributed by atoms with Crippen LogP contribution in [0.1, 0.15) is 13.8 Å². The second kappa shape index (κ2) is 8.96. The first kappa shape index (κ1) is 20.3. The number of hydrogen-bond donors (Lipinski definition) is 1. The molecule has 1 aromatic carbocycles. The lowest BCUT2D eigenvalue weighted by Crippen LogP contribution is -2.24. The summed E-state index contributed by atoms with van der Waals surface area (Å²) in [5.74, 6) is -1.32. The minimum atomic E-state index is -3.52.